The Bertz CT molecular complexity index is 867. The molecule has 9 heteroatoms. The summed E-state index contributed by atoms with van der Waals surface area (Å²) in [7, 11) is 1.50. The van der Waals surface area contributed by atoms with Crippen LogP contribution in [0.15, 0.2) is 41.5 Å². The Labute approximate surface area is 172 Å². The normalized spacial score (nSPS) is 10.6. The largest absolute Gasteiger partial charge is 0.493 e. The molecule has 2 rings (SSSR count). The van der Waals surface area contributed by atoms with Gasteiger partial charge in [0.1, 0.15) is 6.61 Å². The van der Waals surface area contributed by atoms with Crippen LogP contribution >= 0.6 is 23.2 Å². The van der Waals surface area contributed by atoms with Gasteiger partial charge in [0.2, 0.25) is 0 Å². The quantitative estimate of drug-likeness (QED) is 0.406. The van der Waals surface area contributed by atoms with E-state index in [1.165, 1.54) is 13.3 Å². The first-order valence-corrected chi connectivity index (χ1v) is 9.07. The number of methoxy groups -OCH3 is 1. The molecule has 0 bridgehead atoms. The first-order chi connectivity index (χ1) is 13.5. The fourth-order valence-electron chi connectivity index (χ4n) is 2.22. The van der Waals surface area contributed by atoms with Crippen LogP contribution in [0, 0.1) is 0 Å². The van der Waals surface area contributed by atoms with Crippen molar-refractivity contribution >= 4 is 41.2 Å². The molecule has 0 saturated carbocycles. The molecule has 2 amide bonds. The van der Waals surface area contributed by atoms with Crippen LogP contribution < -0.4 is 20.2 Å². The minimum atomic E-state index is -0.869. The van der Waals surface area contributed by atoms with Crippen molar-refractivity contribution in [1.82, 2.24) is 10.7 Å². The standard InChI is InChI=1S/C19H19Cl2N3O4/c1-3-22-18(25)19(26)24-23-10-12-6-4-9-16(27-2)17(12)28-11-13-14(20)7-5-8-15(13)21/h4-10H,3,11H2,1-2H3,(H,22,25)(H,24,26)/b23-10-. The second kappa shape index (κ2) is 10.5. The zero-order chi connectivity index (χ0) is 20.5. The molecule has 0 aliphatic carbocycles. The summed E-state index contributed by atoms with van der Waals surface area (Å²) in [6.07, 6.45) is 1.35. The van der Waals surface area contributed by atoms with Crippen LogP contribution in [0.5, 0.6) is 11.5 Å². The number of amides is 2. The molecule has 2 N–H and O–H groups in total. The number of rotatable bonds is 7. The Balaban J connectivity index is 2.19. The van der Waals surface area contributed by atoms with E-state index >= 15 is 0 Å². The number of carbonyl (C=O) groups is 2. The lowest BCUT2D eigenvalue weighted by Gasteiger charge is -2.14. The highest BCUT2D eigenvalue weighted by atomic mass is 35.5. The monoisotopic (exact) mass is 423 g/mol. The molecule has 0 spiro atoms. The molecule has 0 heterocycles. The summed E-state index contributed by atoms with van der Waals surface area (Å²) >= 11 is 12.4. The van der Waals surface area contributed by atoms with E-state index < -0.39 is 11.8 Å². The summed E-state index contributed by atoms with van der Waals surface area (Å²) in [5.74, 6) is -0.791. The summed E-state index contributed by atoms with van der Waals surface area (Å²) in [5.41, 5.74) is 3.31. The molecule has 0 saturated heterocycles. The van der Waals surface area contributed by atoms with Crippen molar-refractivity contribution in [2.45, 2.75) is 13.5 Å². The van der Waals surface area contributed by atoms with Gasteiger partial charge in [0.15, 0.2) is 11.5 Å². The topological polar surface area (TPSA) is 89.0 Å². The fourth-order valence-corrected chi connectivity index (χ4v) is 2.72. The number of halogens is 2. The van der Waals surface area contributed by atoms with Crippen molar-refractivity contribution in [1.29, 1.82) is 0 Å². The summed E-state index contributed by atoms with van der Waals surface area (Å²) in [6.45, 7) is 2.15. The average Bonchev–Trinajstić information content (AvgIpc) is 2.68. The van der Waals surface area contributed by atoms with E-state index in [4.69, 9.17) is 32.7 Å². The van der Waals surface area contributed by atoms with E-state index in [0.717, 1.165) is 0 Å². The maximum Gasteiger partial charge on any atom is 0.329 e. The van der Waals surface area contributed by atoms with Gasteiger partial charge in [-0.25, -0.2) is 5.43 Å². The van der Waals surface area contributed by atoms with Crippen LogP contribution in [0.4, 0.5) is 0 Å². The van der Waals surface area contributed by atoms with E-state index in [1.807, 2.05) is 0 Å². The van der Waals surface area contributed by atoms with Crippen molar-refractivity contribution in [3.8, 4) is 11.5 Å². The molecule has 2 aromatic rings. The highest BCUT2D eigenvalue weighted by Gasteiger charge is 2.13. The second-order valence-electron chi connectivity index (χ2n) is 5.43. The van der Waals surface area contributed by atoms with Gasteiger partial charge in [-0.1, -0.05) is 35.3 Å². The Morgan fingerprint density at radius 1 is 1.11 bits per heavy atom. The SMILES string of the molecule is CCNC(=O)C(=O)N/N=C\c1cccc(OC)c1OCc1c(Cl)cccc1Cl. The molecule has 28 heavy (non-hydrogen) atoms. The highest BCUT2D eigenvalue weighted by molar-refractivity contribution is 6.36. The third kappa shape index (κ3) is 5.61. The highest BCUT2D eigenvalue weighted by Crippen LogP contribution is 2.32. The molecule has 0 fully saturated rings. The Hall–Kier alpha value is -2.77. The zero-order valence-corrected chi connectivity index (χ0v) is 16.8. The average molecular weight is 424 g/mol. The zero-order valence-electron chi connectivity index (χ0n) is 15.3. The lowest BCUT2D eigenvalue weighted by atomic mass is 10.2. The number of hydrazone groups is 1. The van der Waals surface area contributed by atoms with Crippen molar-refractivity contribution in [2.75, 3.05) is 13.7 Å². The van der Waals surface area contributed by atoms with Gasteiger partial charge in [0.25, 0.3) is 0 Å². The van der Waals surface area contributed by atoms with Gasteiger partial charge >= 0.3 is 11.8 Å². The molecule has 7 nitrogen and oxygen atoms in total. The van der Waals surface area contributed by atoms with Gasteiger partial charge in [-0.3, -0.25) is 9.59 Å². The molecule has 0 radical (unpaired) electrons. The first kappa shape index (κ1) is 21.5. The number of carbonyl (C=O) groups excluding carboxylic acids is 2. The number of hydrogen-bond acceptors (Lipinski definition) is 5. The first-order valence-electron chi connectivity index (χ1n) is 8.31. The van der Waals surface area contributed by atoms with E-state index in [0.29, 0.717) is 39.2 Å². The molecule has 0 atom stereocenters. The van der Waals surface area contributed by atoms with E-state index in [2.05, 4.69) is 15.8 Å². The third-order valence-electron chi connectivity index (χ3n) is 3.57. The second-order valence-corrected chi connectivity index (χ2v) is 6.24. The van der Waals surface area contributed by atoms with Crippen LogP contribution in [0.1, 0.15) is 18.1 Å². The molecule has 0 aliphatic rings. The lowest BCUT2D eigenvalue weighted by molar-refractivity contribution is -0.139. The molecular weight excluding hydrogens is 405 g/mol. The maximum absolute atomic E-state index is 11.6. The van der Waals surface area contributed by atoms with Crippen molar-refractivity contribution in [3.05, 3.63) is 57.6 Å². The predicted molar refractivity (Wildman–Crippen MR) is 108 cm³/mol. The third-order valence-corrected chi connectivity index (χ3v) is 4.27. The number of likely N-dealkylation sites (N-methyl/N-ethyl adjacent to an activating group) is 1. The molecule has 0 aliphatic heterocycles. The van der Waals surface area contributed by atoms with Crippen LogP contribution in [0.3, 0.4) is 0 Å². The fraction of sp³-hybridized carbons (Fsp3) is 0.211. The molecule has 2 aromatic carbocycles. The van der Waals surface area contributed by atoms with Crippen LogP contribution in [-0.4, -0.2) is 31.7 Å². The van der Waals surface area contributed by atoms with Gasteiger partial charge in [-0.05, 0) is 31.2 Å². The Morgan fingerprint density at radius 3 is 2.43 bits per heavy atom. The molecular formula is C19H19Cl2N3O4. The van der Waals surface area contributed by atoms with E-state index in [1.54, 1.807) is 43.3 Å². The summed E-state index contributed by atoms with van der Waals surface area (Å²) < 4.78 is 11.2. The van der Waals surface area contributed by atoms with Crippen molar-refractivity contribution < 1.29 is 19.1 Å². The summed E-state index contributed by atoms with van der Waals surface area (Å²) in [5, 5.41) is 7.13. The number of benzene rings is 2. The summed E-state index contributed by atoms with van der Waals surface area (Å²) in [6, 6.07) is 10.3. The number of nitrogens with zero attached hydrogens (tertiary/aromatic N) is 1. The minimum absolute atomic E-state index is 0.102. The Morgan fingerprint density at radius 2 is 1.79 bits per heavy atom. The van der Waals surface area contributed by atoms with Gasteiger partial charge in [-0.2, -0.15) is 5.10 Å². The van der Waals surface area contributed by atoms with Crippen molar-refractivity contribution in [3.63, 3.8) is 0 Å². The smallest absolute Gasteiger partial charge is 0.329 e. The van der Waals surface area contributed by atoms with Gasteiger partial charge < -0.3 is 14.8 Å². The minimum Gasteiger partial charge on any atom is -0.493 e. The van der Waals surface area contributed by atoms with E-state index in [9.17, 15) is 9.59 Å². The van der Waals surface area contributed by atoms with Gasteiger partial charge in [0, 0.05) is 27.7 Å². The predicted octanol–water partition coefficient (Wildman–Crippen LogP) is 3.17. The molecule has 0 unspecified atom stereocenters. The number of nitrogens with one attached hydrogen (secondary N) is 2. The van der Waals surface area contributed by atoms with Crippen LogP contribution in [0.25, 0.3) is 0 Å². The van der Waals surface area contributed by atoms with Crippen molar-refractivity contribution in [2.24, 2.45) is 5.10 Å². The molecule has 148 valence electrons. The maximum atomic E-state index is 11.6. The van der Waals surface area contributed by atoms with E-state index in [-0.39, 0.29) is 6.61 Å². The number of para-hydroxylation sites is 1. The van der Waals surface area contributed by atoms with Crippen LogP contribution in [0.2, 0.25) is 10.0 Å². The van der Waals surface area contributed by atoms with Gasteiger partial charge in [0.05, 0.1) is 13.3 Å². The summed E-state index contributed by atoms with van der Waals surface area (Å²) in [4.78, 5) is 23.0. The lowest BCUT2D eigenvalue weighted by Crippen LogP contribution is -2.37. The van der Waals surface area contributed by atoms with Gasteiger partial charge in [-0.15, -0.1) is 0 Å². The Kier molecular flexibility index (Phi) is 8.10. The van der Waals surface area contributed by atoms with Crippen LogP contribution in [-0.2, 0) is 16.2 Å². The number of hydrogen-bond donors (Lipinski definition) is 2. The molecule has 0 aromatic heterocycles. The number of ether oxygens (including phenoxy) is 2.